The van der Waals surface area contributed by atoms with Crippen LogP contribution >= 0.6 is 0 Å². The summed E-state index contributed by atoms with van der Waals surface area (Å²) in [6.07, 6.45) is 0. The van der Waals surface area contributed by atoms with Gasteiger partial charge in [0, 0.05) is 6.04 Å². The minimum absolute atomic E-state index is 0.0823. The van der Waals surface area contributed by atoms with Crippen molar-refractivity contribution in [1.29, 1.82) is 0 Å². The predicted octanol–water partition coefficient (Wildman–Crippen LogP) is 4.01. The van der Waals surface area contributed by atoms with Crippen LogP contribution in [-0.4, -0.2) is 19.1 Å². The Hall–Kier alpha value is -2.33. The molecule has 0 unspecified atom stereocenters. The van der Waals surface area contributed by atoms with Crippen molar-refractivity contribution in [2.45, 2.75) is 32.9 Å². The van der Waals surface area contributed by atoms with Crippen LogP contribution in [0.25, 0.3) is 0 Å². The molecule has 0 bridgehead atoms. The van der Waals surface area contributed by atoms with Gasteiger partial charge in [-0.3, -0.25) is 10.1 Å². The number of amides is 1. The lowest BCUT2D eigenvalue weighted by Crippen LogP contribution is -2.41. The van der Waals surface area contributed by atoms with Gasteiger partial charge in [-0.1, -0.05) is 56.3 Å². The highest BCUT2D eigenvalue weighted by molar-refractivity contribution is 5.95. The van der Waals surface area contributed by atoms with Gasteiger partial charge in [0.2, 0.25) is 5.91 Å². The largest absolute Gasteiger partial charge is 0.495 e. The molecular formula is C20H26N2O2. The Morgan fingerprint density at radius 3 is 2.21 bits per heavy atom. The van der Waals surface area contributed by atoms with E-state index in [0.29, 0.717) is 17.4 Å². The van der Waals surface area contributed by atoms with Crippen molar-refractivity contribution < 1.29 is 9.53 Å². The van der Waals surface area contributed by atoms with Crippen LogP contribution in [0.5, 0.6) is 5.75 Å². The molecule has 0 aliphatic heterocycles. The lowest BCUT2D eigenvalue weighted by molar-refractivity contribution is -0.118. The Morgan fingerprint density at radius 2 is 1.58 bits per heavy atom. The minimum Gasteiger partial charge on any atom is -0.495 e. The lowest BCUT2D eigenvalue weighted by atomic mass is 9.95. The molecule has 4 heteroatoms. The molecule has 0 saturated carbocycles. The molecule has 24 heavy (non-hydrogen) atoms. The summed E-state index contributed by atoms with van der Waals surface area (Å²) in [6, 6.07) is 17.4. The van der Waals surface area contributed by atoms with Gasteiger partial charge in [0.1, 0.15) is 5.75 Å². The van der Waals surface area contributed by atoms with Crippen LogP contribution in [0.2, 0.25) is 0 Å². The first kappa shape index (κ1) is 18.0. The summed E-state index contributed by atoms with van der Waals surface area (Å²) in [6.45, 7) is 6.17. The van der Waals surface area contributed by atoms with E-state index in [1.807, 2.05) is 49.4 Å². The van der Waals surface area contributed by atoms with E-state index in [1.165, 1.54) is 5.56 Å². The molecule has 2 N–H and O–H groups in total. The van der Waals surface area contributed by atoms with Gasteiger partial charge in [0.15, 0.2) is 0 Å². The van der Waals surface area contributed by atoms with E-state index in [9.17, 15) is 4.79 Å². The highest BCUT2D eigenvalue weighted by Gasteiger charge is 2.22. The molecular weight excluding hydrogens is 300 g/mol. The molecule has 0 aliphatic rings. The number of nitrogens with one attached hydrogen (secondary N) is 2. The zero-order chi connectivity index (χ0) is 17.5. The fourth-order valence-electron chi connectivity index (χ4n) is 2.67. The molecule has 4 nitrogen and oxygen atoms in total. The molecule has 0 aliphatic carbocycles. The van der Waals surface area contributed by atoms with Crippen molar-refractivity contribution in [1.82, 2.24) is 5.32 Å². The molecule has 2 atom stereocenters. The summed E-state index contributed by atoms with van der Waals surface area (Å²) >= 11 is 0. The summed E-state index contributed by atoms with van der Waals surface area (Å²) in [5.41, 5.74) is 1.86. The first-order chi connectivity index (χ1) is 11.5. The molecule has 128 valence electrons. The number of ether oxygens (including phenoxy) is 1. The van der Waals surface area contributed by atoms with E-state index in [0.717, 1.165) is 0 Å². The van der Waals surface area contributed by atoms with E-state index in [-0.39, 0.29) is 18.0 Å². The average Bonchev–Trinajstić information content (AvgIpc) is 2.60. The average molecular weight is 326 g/mol. The summed E-state index contributed by atoms with van der Waals surface area (Å²) in [4.78, 5) is 12.5. The standard InChI is InChI=1S/C20H26N2O2/c1-14(2)19(16-10-6-5-7-11-16)21-15(3)20(23)22-17-12-8-9-13-18(17)24-4/h5-15,19,21H,1-4H3,(H,22,23)/t15-,19+/m0/s1. The molecule has 0 aromatic heterocycles. The Balaban J connectivity index is 2.07. The fraction of sp³-hybridized carbons (Fsp3) is 0.350. The summed E-state index contributed by atoms with van der Waals surface area (Å²) < 4.78 is 5.28. The second kappa shape index (κ2) is 8.50. The van der Waals surface area contributed by atoms with Crippen molar-refractivity contribution in [3.05, 3.63) is 60.2 Å². The SMILES string of the molecule is COc1ccccc1NC(=O)[C@H](C)N[C@@H](c1ccccc1)C(C)C. The number of hydrogen-bond donors (Lipinski definition) is 2. The molecule has 2 rings (SSSR count). The molecule has 1 amide bonds. The third-order valence-electron chi connectivity index (χ3n) is 4.01. The van der Waals surface area contributed by atoms with Crippen molar-refractivity contribution in [2.75, 3.05) is 12.4 Å². The Kier molecular flexibility index (Phi) is 6.38. The summed E-state index contributed by atoms with van der Waals surface area (Å²) in [5, 5.41) is 6.37. The molecule has 0 radical (unpaired) electrons. The first-order valence-corrected chi connectivity index (χ1v) is 8.27. The number of hydrogen-bond acceptors (Lipinski definition) is 3. The molecule has 2 aromatic carbocycles. The van der Waals surface area contributed by atoms with Gasteiger partial charge in [0.05, 0.1) is 18.8 Å². The number of benzene rings is 2. The van der Waals surface area contributed by atoms with Gasteiger partial charge < -0.3 is 10.1 Å². The maximum Gasteiger partial charge on any atom is 0.241 e. The van der Waals surface area contributed by atoms with E-state index in [2.05, 4.69) is 36.6 Å². The number of para-hydroxylation sites is 2. The highest BCUT2D eigenvalue weighted by atomic mass is 16.5. The second-order valence-corrected chi connectivity index (χ2v) is 6.21. The van der Waals surface area contributed by atoms with E-state index >= 15 is 0 Å². The molecule has 0 heterocycles. The quantitative estimate of drug-likeness (QED) is 0.808. The maximum atomic E-state index is 12.5. The Bertz CT molecular complexity index is 656. The maximum absolute atomic E-state index is 12.5. The number of rotatable bonds is 7. The number of anilines is 1. The Morgan fingerprint density at radius 1 is 0.958 bits per heavy atom. The van der Waals surface area contributed by atoms with Gasteiger partial charge in [-0.15, -0.1) is 0 Å². The van der Waals surface area contributed by atoms with Gasteiger partial charge in [-0.2, -0.15) is 0 Å². The van der Waals surface area contributed by atoms with Crippen molar-refractivity contribution >= 4 is 11.6 Å². The third kappa shape index (κ3) is 4.59. The molecule has 0 fully saturated rings. The van der Waals surface area contributed by atoms with Crippen LogP contribution in [0.4, 0.5) is 5.69 Å². The molecule has 0 spiro atoms. The highest BCUT2D eigenvalue weighted by Crippen LogP contribution is 2.24. The van der Waals surface area contributed by atoms with Crippen LogP contribution in [0, 0.1) is 5.92 Å². The Labute approximate surface area is 144 Å². The fourth-order valence-corrected chi connectivity index (χ4v) is 2.67. The number of methoxy groups -OCH3 is 1. The van der Waals surface area contributed by atoms with Crippen LogP contribution < -0.4 is 15.4 Å². The van der Waals surface area contributed by atoms with Crippen molar-refractivity contribution in [3.8, 4) is 5.75 Å². The van der Waals surface area contributed by atoms with E-state index < -0.39 is 0 Å². The van der Waals surface area contributed by atoms with Crippen LogP contribution in [0.1, 0.15) is 32.4 Å². The summed E-state index contributed by atoms with van der Waals surface area (Å²) in [5.74, 6) is 0.941. The first-order valence-electron chi connectivity index (χ1n) is 8.27. The van der Waals surface area contributed by atoms with Crippen LogP contribution in [0.15, 0.2) is 54.6 Å². The zero-order valence-corrected chi connectivity index (χ0v) is 14.7. The van der Waals surface area contributed by atoms with E-state index in [1.54, 1.807) is 7.11 Å². The third-order valence-corrected chi connectivity index (χ3v) is 4.01. The van der Waals surface area contributed by atoms with Crippen LogP contribution in [0.3, 0.4) is 0 Å². The minimum atomic E-state index is -0.331. The van der Waals surface area contributed by atoms with Gasteiger partial charge in [-0.05, 0) is 30.5 Å². The second-order valence-electron chi connectivity index (χ2n) is 6.21. The molecule has 2 aromatic rings. The number of carbonyl (C=O) groups excluding carboxylic acids is 1. The smallest absolute Gasteiger partial charge is 0.241 e. The van der Waals surface area contributed by atoms with Crippen molar-refractivity contribution in [2.24, 2.45) is 5.92 Å². The van der Waals surface area contributed by atoms with Crippen LogP contribution in [-0.2, 0) is 4.79 Å². The topological polar surface area (TPSA) is 50.4 Å². The molecule has 0 saturated heterocycles. The zero-order valence-electron chi connectivity index (χ0n) is 14.7. The van der Waals surface area contributed by atoms with Gasteiger partial charge in [0.25, 0.3) is 0 Å². The van der Waals surface area contributed by atoms with E-state index in [4.69, 9.17) is 4.74 Å². The van der Waals surface area contributed by atoms with Crippen molar-refractivity contribution in [3.63, 3.8) is 0 Å². The summed E-state index contributed by atoms with van der Waals surface area (Å²) in [7, 11) is 1.59. The lowest BCUT2D eigenvalue weighted by Gasteiger charge is -2.26. The normalized spacial score (nSPS) is 13.4. The predicted molar refractivity (Wildman–Crippen MR) is 98.2 cm³/mol. The van der Waals surface area contributed by atoms with Gasteiger partial charge in [-0.25, -0.2) is 0 Å². The number of carbonyl (C=O) groups is 1. The van der Waals surface area contributed by atoms with Gasteiger partial charge >= 0.3 is 0 Å². The monoisotopic (exact) mass is 326 g/mol.